The summed E-state index contributed by atoms with van der Waals surface area (Å²) in [6.45, 7) is -0.230. The monoisotopic (exact) mass is 247 g/mol. The summed E-state index contributed by atoms with van der Waals surface area (Å²) in [6.07, 6.45) is 2.87. The topological polar surface area (TPSA) is 61.0 Å². The number of rotatable bonds is 4. The molecule has 0 bridgehead atoms. The van der Waals surface area contributed by atoms with Crippen LogP contribution < -0.4 is 10.5 Å². The molecule has 1 heterocycles. The molecule has 1 atom stereocenters. The largest absolute Gasteiger partial charge is 0.480 e. The van der Waals surface area contributed by atoms with E-state index in [4.69, 9.17) is 10.5 Å². The second-order valence-corrected chi connectivity index (χ2v) is 3.79. The molecule has 1 aromatic carbocycles. The SMILES string of the molecule is COc1nccnc1C(F)(CN)c1ccccc1. The molecule has 4 nitrogen and oxygen atoms in total. The fourth-order valence-corrected chi connectivity index (χ4v) is 1.80. The Morgan fingerprint density at radius 1 is 1.22 bits per heavy atom. The van der Waals surface area contributed by atoms with Gasteiger partial charge in [-0.1, -0.05) is 30.3 Å². The number of nitrogens with two attached hydrogens (primary N) is 1. The van der Waals surface area contributed by atoms with Crippen molar-refractivity contribution in [2.75, 3.05) is 13.7 Å². The van der Waals surface area contributed by atoms with E-state index < -0.39 is 5.67 Å². The summed E-state index contributed by atoms with van der Waals surface area (Å²) in [6, 6.07) is 8.65. The molecular formula is C13H14FN3O. The second-order valence-electron chi connectivity index (χ2n) is 3.79. The van der Waals surface area contributed by atoms with Gasteiger partial charge in [0.25, 0.3) is 0 Å². The quantitative estimate of drug-likeness (QED) is 0.892. The first-order valence-electron chi connectivity index (χ1n) is 5.52. The zero-order chi connectivity index (χ0) is 13.0. The van der Waals surface area contributed by atoms with Crippen molar-refractivity contribution in [3.63, 3.8) is 0 Å². The van der Waals surface area contributed by atoms with Gasteiger partial charge in [0.2, 0.25) is 5.88 Å². The first kappa shape index (κ1) is 12.4. The molecule has 2 aromatic rings. The highest BCUT2D eigenvalue weighted by atomic mass is 19.1. The summed E-state index contributed by atoms with van der Waals surface area (Å²) in [7, 11) is 1.43. The van der Waals surface area contributed by atoms with Crippen molar-refractivity contribution in [3.8, 4) is 5.88 Å². The first-order chi connectivity index (χ1) is 8.72. The van der Waals surface area contributed by atoms with Crippen LogP contribution in [0.2, 0.25) is 0 Å². The lowest BCUT2D eigenvalue weighted by Gasteiger charge is -2.24. The summed E-state index contributed by atoms with van der Waals surface area (Å²) in [5.41, 5.74) is 4.23. The van der Waals surface area contributed by atoms with Crippen LogP contribution in [0.25, 0.3) is 0 Å². The lowest BCUT2D eigenvalue weighted by molar-refractivity contribution is 0.214. The van der Waals surface area contributed by atoms with Gasteiger partial charge in [-0.2, -0.15) is 0 Å². The summed E-state index contributed by atoms with van der Waals surface area (Å²) in [5, 5.41) is 0. The molecule has 18 heavy (non-hydrogen) atoms. The normalized spacial score (nSPS) is 13.9. The van der Waals surface area contributed by atoms with Gasteiger partial charge in [0, 0.05) is 18.9 Å². The highest BCUT2D eigenvalue weighted by Crippen LogP contribution is 2.35. The molecule has 0 aliphatic rings. The number of halogens is 1. The Labute approximate surface area is 105 Å². The minimum Gasteiger partial charge on any atom is -0.480 e. The Hall–Kier alpha value is -2.01. The van der Waals surface area contributed by atoms with Crippen LogP contribution in [0.3, 0.4) is 0 Å². The average Bonchev–Trinajstić information content (AvgIpc) is 2.47. The van der Waals surface area contributed by atoms with Crippen LogP contribution in [-0.4, -0.2) is 23.6 Å². The van der Waals surface area contributed by atoms with E-state index in [-0.39, 0.29) is 18.1 Å². The van der Waals surface area contributed by atoms with Crippen molar-refractivity contribution in [2.45, 2.75) is 5.67 Å². The zero-order valence-electron chi connectivity index (χ0n) is 10.0. The van der Waals surface area contributed by atoms with Crippen molar-refractivity contribution in [1.82, 2.24) is 9.97 Å². The predicted molar refractivity (Wildman–Crippen MR) is 66.0 cm³/mol. The number of aromatic nitrogens is 2. The number of methoxy groups -OCH3 is 1. The summed E-state index contributed by atoms with van der Waals surface area (Å²) in [5.74, 6) is 0.148. The lowest BCUT2D eigenvalue weighted by atomic mass is 9.92. The van der Waals surface area contributed by atoms with Gasteiger partial charge in [-0.25, -0.2) is 9.37 Å². The lowest BCUT2D eigenvalue weighted by Crippen LogP contribution is -2.33. The minimum absolute atomic E-state index is 0.0983. The van der Waals surface area contributed by atoms with Gasteiger partial charge in [0.15, 0.2) is 5.67 Å². The average molecular weight is 247 g/mol. The van der Waals surface area contributed by atoms with Crippen molar-refractivity contribution in [2.24, 2.45) is 5.73 Å². The van der Waals surface area contributed by atoms with Gasteiger partial charge in [-0.3, -0.25) is 4.98 Å². The predicted octanol–water partition coefficient (Wildman–Crippen LogP) is 1.66. The highest BCUT2D eigenvalue weighted by Gasteiger charge is 2.37. The summed E-state index contributed by atoms with van der Waals surface area (Å²) in [4.78, 5) is 7.98. The van der Waals surface area contributed by atoms with E-state index in [1.54, 1.807) is 24.3 Å². The molecule has 0 saturated heterocycles. The number of hydrogen-bond donors (Lipinski definition) is 1. The van der Waals surface area contributed by atoms with Gasteiger partial charge in [-0.05, 0) is 5.56 Å². The maximum atomic E-state index is 15.1. The molecule has 0 fully saturated rings. The van der Waals surface area contributed by atoms with Crippen molar-refractivity contribution in [1.29, 1.82) is 0 Å². The smallest absolute Gasteiger partial charge is 0.239 e. The maximum absolute atomic E-state index is 15.1. The third-order valence-corrected chi connectivity index (χ3v) is 2.75. The molecule has 0 aliphatic carbocycles. The summed E-state index contributed by atoms with van der Waals surface area (Å²) >= 11 is 0. The molecule has 0 radical (unpaired) electrons. The van der Waals surface area contributed by atoms with Crippen LogP contribution >= 0.6 is 0 Å². The van der Waals surface area contributed by atoms with Crippen LogP contribution in [-0.2, 0) is 5.67 Å². The van der Waals surface area contributed by atoms with E-state index in [1.165, 1.54) is 19.5 Å². The van der Waals surface area contributed by atoms with Crippen LogP contribution in [0, 0.1) is 0 Å². The van der Waals surface area contributed by atoms with E-state index >= 15 is 4.39 Å². The van der Waals surface area contributed by atoms with Crippen LogP contribution in [0.5, 0.6) is 5.88 Å². The zero-order valence-corrected chi connectivity index (χ0v) is 10.0. The Balaban J connectivity index is 2.57. The van der Waals surface area contributed by atoms with Gasteiger partial charge >= 0.3 is 0 Å². The third-order valence-electron chi connectivity index (χ3n) is 2.75. The van der Waals surface area contributed by atoms with E-state index in [0.717, 1.165) is 0 Å². The van der Waals surface area contributed by atoms with Crippen LogP contribution in [0.15, 0.2) is 42.7 Å². The number of hydrogen-bond acceptors (Lipinski definition) is 4. The van der Waals surface area contributed by atoms with Crippen LogP contribution in [0.4, 0.5) is 4.39 Å². The first-order valence-corrected chi connectivity index (χ1v) is 5.52. The Morgan fingerprint density at radius 3 is 2.50 bits per heavy atom. The second kappa shape index (κ2) is 5.10. The van der Waals surface area contributed by atoms with Gasteiger partial charge in [-0.15, -0.1) is 0 Å². The molecule has 94 valence electrons. The van der Waals surface area contributed by atoms with Gasteiger partial charge in [0.05, 0.1) is 7.11 Å². The standard InChI is InChI=1S/C13H14FN3O/c1-18-12-11(16-7-8-17-12)13(14,9-15)10-5-3-2-4-6-10/h2-8H,9,15H2,1H3. The number of alkyl halides is 1. The molecule has 0 spiro atoms. The molecule has 0 saturated carbocycles. The summed E-state index contributed by atoms with van der Waals surface area (Å²) < 4.78 is 20.2. The molecule has 1 aromatic heterocycles. The van der Waals surface area contributed by atoms with Gasteiger partial charge in [0.1, 0.15) is 5.69 Å². The van der Waals surface area contributed by atoms with E-state index in [2.05, 4.69) is 9.97 Å². The van der Waals surface area contributed by atoms with Crippen molar-refractivity contribution < 1.29 is 9.13 Å². The molecule has 5 heteroatoms. The van der Waals surface area contributed by atoms with Crippen LogP contribution in [0.1, 0.15) is 11.3 Å². The van der Waals surface area contributed by atoms with Crippen molar-refractivity contribution in [3.05, 3.63) is 54.0 Å². The van der Waals surface area contributed by atoms with Gasteiger partial charge < -0.3 is 10.5 Å². The molecule has 0 amide bonds. The fraction of sp³-hybridized carbons (Fsp3) is 0.231. The number of ether oxygens (including phenoxy) is 1. The molecule has 0 aliphatic heterocycles. The minimum atomic E-state index is -1.90. The Bertz CT molecular complexity index is 521. The third kappa shape index (κ3) is 2.04. The Morgan fingerprint density at radius 2 is 1.89 bits per heavy atom. The molecule has 2 N–H and O–H groups in total. The van der Waals surface area contributed by atoms with E-state index in [9.17, 15) is 0 Å². The molecule has 1 unspecified atom stereocenters. The number of benzene rings is 1. The fourth-order valence-electron chi connectivity index (χ4n) is 1.80. The molecular weight excluding hydrogens is 233 g/mol. The van der Waals surface area contributed by atoms with E-state index in [0.29, 0.717) is 5.56 Å². The van der Waals surface area contributed by atoms with Crippen molar-refractivity contribution >= 4 is 0 Å². The number of nitrogens with zero attached hydrogens (tertiary/aromatic N) is 2. The Kier molecular flexibility index (Phi) is 3.53. The molecule has 2 rings (SSSR count). The maximum Gasteiger partial charge on any atom is 0.239 e. The van der Waals surface area contributed by atoms with E-state index in [1.807, 2.05) is 6.07 Å². The highest BCUT2D eigenvalue weighted by molar-refractivity contribution is 5.37.